The molecule has 0 aliphatic rings. The molecule has 1 N–H and O–H groups in total. The van der Waals surface area contributed by atoms with Crippen molar-refractivity contribution in [2.45, 2.75) is 32.7 Å². The smallest absolute Gasteiger partial charge is 0.123 e. The summed E-state index contributed by atoms with van der Waals surface area (Å²) in [6.45, 7) is 5.19. The lowest BCUT2D eigenvalue weighted by Crippen LogP contribution is -2.22. The van der Waals surface area contributed by atoms with Crippen LogP contribution in [0.2, 0.25) is 0 Å². The Bertz CT molecular complexity index is 554. The first kappa shape index (κ1) is 15.5. The summed E-state index contributed by atoms with van der Waals surface area (Å²) in [4.78, 5) is 4.41. The van der Waals surface area contributed by atoms with Crippen LogP contribution in [0.5, 0.6) is 5.75 Å². The highest BCUT2D eigenvalue weighted by Gasteiger charge is 2.15. The molecule has 0 saturated heterocycles. The van der Waals surface area contributed by atoms with Gasteiger partial charge < -0.3 is 10.1 Å². The number of ether oxygens (including phenoxy) is 1. The molecular weight excluding hydrogens is 260 g/mol. The molecule has 21 heavy (non-hydrogen) atoms. The van der Waals surface area contributed by atoms with Crippen molar-refractivity contribution in [3.05, 3.63) is 59.4 Å². The largest absolute Gasteiger partial charge is 0.496 e. The second kappa shape index (κ2) is 7.79. The third kappa shape index (κ3) is 4.30. The lowest BCUT2D eigenvalue weighted by atomic mass is 9.98. The molecule has 0 amide bonds. The van der Waals surface area contributed by atoms with Gasteiger partial charge in [-0.3, -0.25) is 4.98 Å². The van der Waals surface area contributed by atoms with Crippen molar-refractivity contribution < 1.29 is 4.74 Å². The molecule has 1 aromatic heterocycles. The minimum Gasteiger partial charge on any atom is -0.496 e. The molecule has 0 aliphatic carbocycles. The Balaban J connectivity index is 2.16. The maximum absolute atomic E-state index is 5.52. The van der Waals surface area contributed by atoms with Crippen molar-refractivity contribution in [3.63, 3.8) is 0 Å². The molecule has 0 aliphatic heterocycles. The molecule has 0 saturated carbocycles. The lowest BCUT2D eigenvalue weighted by Gasteiger charge is -2.21. The van der Waals surface area contributed by atoms with Crippen LogP contribution in [-0.2, 0) is 6.42 Å². The van der Waals surface area contributed by atoms with E-state index in [-0.39, 0.29) is 6.04 Å². The molecule has 0 fully saturated rings. The highest BCUT2D eigenvalue weighted by Crippen LogP contribution is 2.29. The first-order valence-electron chi connectivity index (χ1n) is 7.52. The quantitative estimate of drug-likeness (QED) is 0.842. The fourth-order valence-electron chi connectivity index (χ4n) is 2.58. The molecule has 3 heteroatoms. The third-order valence-electron chi connectivity index (χ3n) is 3.63. The molecule has 1 unspecified atom stereocenters. The Morgan fingerprint density at radius 1 is 1.24 bits per heavy atom. The van der Waals surface area contributed by atoms with Gasteiger partial charge in [-0.25, -0.2) is 0 Å². The lowest BCUT2D eigenvalue weighted by molar-refractivity contribution is 0.396. The van der Waals surface area contributed by atoms with Crippen LogP contribution in [-0.4, -0.2) is 18.6 Å². The fraction of sp³-hybridized carbons (Fsp3) is 0.389. The number of nitrogens with zero attached hydrogens (tertiary/aromatic N) is 1. The van der Waals surface area contributed by atoms with Gasteiger partial charge in [-0.15, -0.1) is 0 Å². The standard InChI is InChI=1S/C18H24N2O/c1-4-19-17(10-9-15-7-5-6-12-20-15)16-13-14(2)8-11-18(16)21-3/h5-8,11-13,17,19H,4,9-10H2,1-3H3. The van der Waals surface area contributed by atoms with Crippen molar-refractivity contribution in [1.29, 1.82) is 0 Å². The zero-order valence-corrected chi connectivity index (χ0v) is 13.1. The zero-order valence-electron chi connectivity index (χ0n) is 13.1. The zero-order chi connectivity index (χ0) is 15.1. The maximum Gasteiger partial charge on any atom is 0.123 e. The summed E-state index contributed by atoms with van der Waals surface area (Å²) in [7, 11) is 1.73. The Hall–Kier alpha value is -1.87. The van der Waals surface area contributed by atoms with Crippen LogP contribution in [0, 0.1) is 6.92 Å². The van der Waals surface area contributed by atoms with E-state index >= 15 is 0 Å². The van der Waals surface area contributed by atoms with Crippen LogP contribution in [0.1, 0.15) is 36.2 Å². The van der Waals surface area contributed by atoms with Crippen LogP contribution in [0.4, 0.5) is 0 Å². The molecule has 1 heterocycles. The van der Waals surface area contributed by atoms with E-state index in [4.69, 9.17) is 4.74 Å². The molecule has 112 valence electrons. The number of hydrogen-bond donors (Lipinski definition) is 1. The van der Waals surface area contributed by atoms with Gasteiger partial charge in [0.2, 0.25) is 0 Å². The number of hydrogen-bond acceptors (Lipinski definition) is 3. The first-order valence-corrected chi connectivity index (χ1v) is 7.52. The van der Waals surface area contributed by atoms with Crippen LogP contribution >= 0.6 is 0 Å². The molecule has 0 radical (unpaired) electrons. The highest BCUT2D eigenvalue weighted by atomic mass is 16.5. The number of benzene rings is 1. The second-order valence-corrected chi connectivity index (χ2v) is 5.22. The van der Waals surface area contributed by atoms with Crippen LogP contribution < -0.4 is 10.1 Å². The summed E-state index contributed by atoms with van der Waals surface area (Å²) >= 11 is 0. The molecule has 2 rings (SSSR count). The van der Waals surface area contributed by atoms with Crippen molar-refractivity contribution in [1.82, 2.24) is 10.3 Å². The van der Waals surface area contributed by atoms with Crippen LogP contribution in [0.25, 0.3) is 0 Å². The van der Waals surface area contributed by atoms with E-state index in [2.05, 4.69) is 48.4 Å². The predicted molar refractivity (Wildman–Crippen MR) is 86.7 cm³/mol. The fourth-order valence-corrected chi connectivity index (χ4v) is 2.58. The van der Waals surface area contributed by atoms with E-state index in [1.54, 1.807) is 7.11 Å². The van der Waals surface area contributed by atoms with E-state index in [9.17, 15) is 0 Å². The Kier molecular flexibility index (Phi) is 5.76. The molecule has 1 aromatic carbocycles. The number of aromatic nitrogens is 1. The summed E-state index contributed by atoms with van der Waals surface area (Å²) in [6.07, 6.45) is 3.81. The van der Waals surface area contributed by atoms with E-state index in [0.717, 1.165) is 30.8 Å². The minimum absolute atomic E-state index is 0.284. The number of nitrogens with one attached hydrogen (secondary N) is 1. The van der Waals surface area contributed by atoms with Crippen molar-refractivity contribution >= 4 is 0 Å². The number of methoxy groups -OCH3 is 1. The van der Waals surface area contributed by atoms with Gasteiger partial charge in [-0.1, -0.05) is 30.7 Å². The highest BCUT2D eigenvalue weighted by molar-refractivity contribution is 5.39. The molecule has 2 aromatic rings. The average Bonchev–Trinajstić information content (AvgIpc) is 2.52. The Morgan fingerprint density at radius 3 is 2.76 bits per heavy atom. The number of aryl methyl sites for hydroxylation is 2. The summed E-state index contributed by atoms with van der Waals surface area (Å²) in [5.74, 6) is 0.951. The van der Waals surface area contributed by atoms with Gasteiger partial charge >= 0.3 is 0 Å². The molecule has 0 spiro atoms. The van der Waals surface area contributed by atoms with Gasteiger partial charge in [0, 0.05) is 23.5 Å². The number of pyridine rings is 1. The van der Waals surface area contributed by atoms with E-state index in [1.807, 2.05) is 18.3 Å². The van der Waals surface area contributed by atoms with Gasteiger partial charge in [0.1, 0.15) is 5.75 Å². The van der Waals surface area contributed by atoms with Crippen LogP contribution in [0.15, 0.2) is 42.6 Å². The van der Waals surface area contributed by atoms with E-state index in [0.29, 0.717) is 0 Å². The molecular formula is C18H24N2O. The van der Waals surface area contributed by atoms with Crippen molar-refractivity contribution in [2.75, 3.05) is 13.7 Å². The summed E-state index contributed by atoms with van der Waals surface area (Å²) < 4.78 is 5.52. The summed E-state index contributed by atoms with van der Waals surface area (Å²) in [5.41, 5.74) is 3.62. The van der Waals surface area contributed by atoms with E-state index < -0.39 is 0 Å². The van der Waals surface area contributed by atoms with Crippen molar-refractivity contribution in [2.24, 2.45) is 0 Å². The third-order valence-corrected chi connectivity index (χ3v) is 3.63. The Labute approximate surface area is 127 Å². The van der Waals surface area contributed by atoms with Crippen molar-refractivity contribution in [3.8, 4) is 5.75 Å². The van der Waals surface area contributed by atoms with Gasteiger partial charge in [0.15, 0.2) is 0 Å². The first-order chi connectivity index (χ1) is 10.2. The molecule has 3 nitrogen and oxygen atoms in total. The molecule has 0 bridgehead atoms. The maximum atomic E-state index is 5.52. The monoisotopic (exact) mass is 284 g/mol. The topological polar surface area (TPSA) is 34.2 Å². The normalized spacial score (nSPS) is 12.1. The van der Waals surface area contributed by atoms with Gasteiger partial charge in [0.25, 0.3) is 0 Å². The SMILES string of the molecule is CCNC(CCc1ccccn1)c1cc(C)ccc1OC. The van der Waals surface area contributed by atoms with Gasteiger partial charge in [0.05, 0.1) is 7.11 Å². The summed E-state index contributed by atoms with van der Waals surface area (Å²) in [5, 5.41) is 3.56. The second-order valence-electron chi connectivity index (χ2n) is 5.22. The van der Waals surface area contributed by atoms with Gasteiger partial charge in [-0.2, -0.15) is 0 Å². The predicted octanol–water partition coefficient (Wildman–Crippen LogP) is 3.68. The average molecular weight is 284 g/mol. The minimum atomic E-state index is 0.284. The van der Waals surface area contributed by atoms with Gasteiger partial charge in [-0.05, 0) is 44.5 Å². The van der Waals surface area contributed by atoms with E-state index in [1.165, 1.54) is 11.1 Å². The Morgan fingerprint density at radius 2 is 2.10 bits per heavy atom. The van der Waals surface area contributed by atoms with Crippen LogP contribution in [0.3, 0.4) is 0 Å². The molecule has 1 atom stereocenters. The number of rotatable bonds is 7. The summed E-state index contributed by atoms with van der Waals surface area (Å²) in [6, 6.07) is 12.7.